The third kappa shape index (κ3) is 13.9. The zero-order valence-corrected chi connectivity index (χ0v) is 23.7. The Bertz CT molecular complexity index is 957. The van der Waals surface area contributed by atoms with Crippen molar-refractivity contribution < 1.29 is 24.3 Å². The van der Waals surface area contributed by atoms with Crippen LogP contribution in [-0.4, -0.2) is 77.5 Å². The van der Waals surface area contributed by atoms with Gasteiger partial charge in [0.15, 0.2) is 5.96 Å². The van der Waals surface area contributed by atoms with Gasteiger partial charge in [0, 0.05) is 13.0 Å². The van der Waals surface area contributed by atoms with Gasteiger partial charge >= 0.3 is 5.97 Å². The standard InChI is InChI=1S/C26H43N7O5S/c1-16(2)14-20(32-22(34)18(27)11-13-39-3)24(36)31-19(10-7-12-30-26(28)29)23(35)33-21(25(37)38)15-17-8-5-4-6-9-17/h4-6,8-9,16,18-21H,7,10-15,27H2,1-3H3,(H,31,36)(H,32,34)(H,33,35)(H,37,38)(H4,28,29,30). The number of carbonyl (C=O) groups excluding carboxylic acids is 3. The Balaban J connectivity index is 3.05. The fourth-order valence-electron chi connectivity index (χ4n) is 3.72. The third-order valence-corrected chi connectivity index (χ3v) is 6.43. The van der Waals surface area contributed by atoms with Gasteiger partial charge in [0.25, 0.3) is 0 Å². The second kappa shape index (κ2) is 18.1. The molecular formula is C26H43N7O5S. The van der Waals surface area contributed by atoms with Crippen LogP contribution in [0.5, 0.6) is 0 Å². The lowest BCUT2D eigenvalue weighted by Crippen LogP contribution is -2.57. The number of carboxylic acid groups (broad SMARTS) is 1. The summed E-state index contributed by atoms with van der Waals surface area (Å²) in [6, 6.07) is 4.90. The molecule has 0 heterocycles. The molecular weight excluding hydrogens is 522 g/mol. The summed E-state index contributed by atoms with van der Waals surface area (Å²) in [7, 11) is 0. The van der Waals surface area contributed by atoms with Crippen LogP contribution in [0.15, 0.2) is 35.3 Å². The average molecular weight is 566 g/mol. The molecule has 13 heteroatoms. The van der Waals surface area contributed by atoms with Crippen molar-refractivity contribution in [3.05, 3.63) is 35.9 Å². The number of hydrogen-bond acceptors (Lipinski definition) is 7. The first-order valence-electron chi connectivity index (χ1n) is 12.9. The third-order valence-electron chi connectivity index (χ3n) is 5.79. The largest absolute Gasteiger partial charge is 0.480 e. The summed E-state index contributed by atoms with van der Waals surface area (Å²) >= 11 is 1.56. The molecule has 4 atom stereocenters. The Morgan fingerprint density at radius 3 is 2.08 bits per heavy atom. The van der Waals surface area contributed by atoms with Gasteiger partial charge < -0.3 is 38.3 Å². The van der Waals surface area contributed by atoms with Crippen LogP contribution in [0.2, 0.25) is 0 Å². The Kier molecular flexibility index (Phi) is 15.6. The van der Waals surface area contributed by atoms with Crippen LogP contribution in [0, 0.1) is 5.92 Å². The number of rotatable bonds is 18. The van der Waals surface area contributed by atoms with Crippen LogP contribution in [0.1, 0.15) is 45.1 Å². The number of nitrogens with zero attached hydrogens (tertiary/aromatic N) is 1. The van der Waals surface area contributed by atoms with Gasteiger partial charge in [-0.1, -0.05) is 44.2 Å². The number of nitrogens with one attached hydrogen (secondary N) is 3. The summed E-state index contributed by atoms with van der Waals surface area (Å²) in [5.74, 6) is -2.24. The van der Waals surface area contributed by atoms with Crippen LogP contribution < -0.4 is 33.2 Å². The van der Waals surface area contributed by atoms with E-state index in [-0.39, 0.29) is 31.3 Å². The molecule has 0 fully saturated rings. The number of hydrogen-bond donors (Lipinski definition) is 7. The first kappa shape index (κ1) is 33.7. The molecule has 39 heavy (non-hydrogen) atoms. The average Bonchev–Trinajstić information content (AvgIpc) is 2.87. The van der Waals surface area contributed by atoms with E-state index in [2.05, 4.69) is 20.9 Å². The highest BCUT2D eigenvalue weighted by atomic mass is 32.2. The fraction of sp³-hybridized carbons (Fsp3) is 0.577. The van der Waals surface area contributed by atoms with Crippen molar-refractivity contribution in [2.24, 2.45) is 28.1 Å². The Hall–Kier alpha value is -3.32. The van der Waals surface area contributed by atoms with Gasteiger partial charge in [-0.25, -0.2) is 4.79 Å². The van der Waals surface area contributed by atoms with Gasteiger partial charge in [-0.15, -0.1) is 0 Å². The second-order valence-corrected chi connectivity index (χ2v) is 10.7. The predicted molar refractivity (Wildman–Crippen MR) is 154 cm³/mol. The Morgan fingerprint density at radius 2 is 1.51 bits per heavy atom. The van der Waals surface area contributed by atoms with Crippen molar-refractivity contribution in [1.82, 2.24) is 16.0 Å². The highest BCUT2D eigenvalue weighted by Crippen LogP contribution is 2.09. The van der Waals surface area contributed by atoms with Crippen molar-refractivity contribution >= 4 is 41.4 Å². The van der Waals surface area contributed by atoms with E-state index >= 15 is 0 Å². The van der Waals surface area contributed by atoms with E-state index in [4.69, 9.17) is 17.2 Å². The minimum atomic E-state index is -1.21. The summed E-state index contributed by atoms with van der Waals surface area (Å²) in [5, 5.41) is 17.6. The monoisotopic (exact) mass is 565 g/mol. The van der Waals surface area contributed by atoms with Gasteiger partial charge in [-0.05, 0) is 49.2 Å². The molecule has 1 rings (SSSR count). The molecule has 218 valence electrons. The van der Waals surface area contributed by atoms with Gasteiger partial charge in [-0.2, -0.15) is 11.8 Å². The van der Waals surface area contributed by atoms with Gasteiger partial charge in [-0.3, -0.25) is 19.4 Å². The number of carboxylic acids is 1. The number of nitrogens with two attached hydrogens (primary N) is 3. The number of thioether (sulfide) groups is 1. The number of amides is 3. The normalized spacial score (nSPS) is 14.0. The molecule has 0 bridgehead atoms. The molecule has 0 aliphatic heterocycles. The molecule has 1 aromatic carbocycles. The van der Waals surface area contributed by atoms with E-state index in [1.165, 1.54) is 0 Å². The Morgan fingerprint density at radius 1 is 0.923 bits per heavy atom. The number of aliphatic imine (C=N–C) groups is 1. The first-order chi connectivity index (χ1) is 18.4. The molecule has 4 unspecified atom stereocenters. The fourth-order valence-corrected chi connectivity index (χ4v) is 4.21. The molecule has 0 aliphatic rings. The highest BCUT2D eigenvalue weighted by Gasteiger charge is 2.30. The smallest absolute Gasteiger partial charge is 0.326 e. The summed E-state index contributed by atoms with van der Waals surface area (Å²) in [6.07, 6.45) is 3.23. The van der Waals surface area contributed by atoms with Gasteiger partial charge in [0.2, 0.25) is 17.7 Å². The maximum absolute atomic E-state index is 13.3. The van der Waals surface area contributed by atoms with Crippen molar-refractivity contribution in [3.63, 3.8) is 0 Å². The minimum Gasteiger partial charge on any atom is -0.480 e. The molecule has 0 aromatic heterocycles. The zero-order valence-electron chi connectivity index (χ0n) is 22.9. The van der Waals surface area contributed by atoms with E-state index in [1.54, 1.807) is 36.0 Å². The molecule has 3 amide bonds. The van der Waals surface area contributed by atoms with Gasteiger partial charge in [0.1, 0.15) is 18.1 Å². The molecule has 12 nitrogen and oxygen atoms in total. The van der Waals surface area contributed by atoms with Crippen molar-refractivity contribution in [2.75, 3.05) is 18.6 Å². The summed E-state index contributed by atoms with van der Waals surface area (Å²) in [5.41, 5.74) is 17.4. The summed E-state index contributed by atoms with van der Waals surface area (Å²) in [6.45, 7) is 4.02. The second-order valence-electron chi connectivity index (χ2n) is 9.68. The van der Waals surface area contributed by atoms with Crippen LogP contribution in [0.25, 0.3) is 0 Å². The Labute approximate surface area is 234 Å². The molecule has 0 spiro atoms. The molecule has 0 saturated heterocycles. The summed E-state index contributed by atoms with van der Waals surface area (Å²) < 4.78 is 0. The quantitative estimate of drug-likeness (QED) is 0.0720. The maximum Gasteiger partial charge on any atom is 0.326 e. The first-order valence-corrected chi connectivity index (χ1v) is 14.3. The number of guanidine groups is 1. The zero-order chi connectivity index (χ0) is 29.4. The van der Waals surface area contributed by atoms with E-state index in [1.807, 2.05) is 26.2 Å². The lowest BCUT2D eigenvalue weighted by Gasteiger charge is -2.26. The lowest BCUT2D eigenvalue weighted by molar-refractivity contribution is -0.142. The molecule has 1 aromatic rings. The molecule has 0 saturated carbocycles. The predicted octanol–water partition coefficient (Wildman–Crippen LogP) is -0.0518. The van der Waals surface area contributed by atoms with Crippen LogP contribution in [-0.2, 0) is 25.6 Å². The van der Waals surface area contributed by atoms with Crippen molar-refractivity contribution in [2.45, 2.75) is 70.1 Å². The van der Waals surface area contributed by atoms with Crippen LogP contribution in [0.3, 0.4) is 0 Å². The van der Waals surface area contributed by atoms with E-state index in [9.17, 15) is 24.3 Å². The molecule has 0 radical (unpaired) electrons. The highest BCUT2D eigenvalue weighted by molar-refractivity contribution is 7.98. The van der Waals surface area contributed by atoms with E-state index in [0.29, 0.717) is 25.0 Å². The molecule has 10 N–H and O–H groups in total. The van der Waals surface area contributed by atoms with Crippen molar-refractivity contribution in [1.29, 1.82) is 0 Å². The van der Waals surface area contributed by atoms with Crippen molar-refractivity contribution in [3.8, 4) is 0 Å². The lowest BCUT2D eigenvalue weighted by atomic mass is 10.0. The van der Waals surface area contributed by atoms with Crippen LogP contribution >= 0.6 is 11.8 Å². The minimum absolute atomic E-state index is 0.0554. The number of aliphatic carboxylic acids is 1. The summed E-state index contributed by atoms with van der Waals surface area (Å²) in [4.78, 5) is 54.9. The van der Waals surface area contributed by atoms with E-state index < -0.39 is 47.9 Å². The number of carbonyl (C=O) groups is 4. The van der Waals surface area contributed by atoms with E-state index in [0.717, 1.165) is 5.56 Å². The molecule has 0 aliphatic carbocycles. The number of benzene rings is 1. The topological polar surface area (TPSA) is 215 Å². The maximum atomic E-state index is 13.3. The van der Waals surface area contributed by atoms with Crippen LogP contribution in [0.4, 0.5) is 0 Å². The van der Waals surface area contributed by atoms with Gasteiger partial charge in [0.05, 0.1) is 6.04 Å². The SMILES string of the molecule is CSCCC(N)C(=O)NC(CC(C)C)C(=O)NC(CCCN=C(N)N)C(=O)NC(Cc1ccccc1)C(=O)O.